The second-order valence-electron chi connectivity index (χ2n) is 6.42. The molecule has 0 radical (unpaired) electrons. The summed E-state index contributed by atoms with van der Waals surface area (Å²) in [4.78, 5) is 0. The smallest absolute Gasteiger partial charge is 0.0722 e. The summed E-state index contributed by atoms with van der Waals surface area (Å²) in [6.45, 7) is 1.67. The third-order valence-corrected chi connectivity index (χ3v) is 4.82. The van der Waals surface area contributed by atoms with Gasteiger partial charge in [0.2, 0.25) is 0 Å². The predicted molar refractivity (Wildman–Crippen MR) is 101 cm³/mol. The number of rotatable bonds is 7. The molecule has 0 fully saturated rings. The molecule has 122 valence electrons. The largest absolute Gasteiger partial charge is 0.396 e. The van der Waals surface area contributed by atoms with Gasteiger partial charge >= 0.3 is 0 Å². The molecule has 4 rings (SSSR count). The lowest BCUT2D eigenvalue weighted by Gasteiger charge is -2.14. The highest BCUT2D eigenvalue weighted by Crippen LogP contribution is 2.36. The number of aliphatic hydroxyl groups is 1. The summed E-state index contributed by atoms with van der Waals surface area (Å²) in [5.41, 5.74) is 1.25. The van der Waals surface area contributed by atoms with Gasteiger partial charge in [0, 0.05) is 13.2 Å². The molecule has 0 atom stereocenters. The first-order valence-corrected chi connectivity index (χ1v) is 8.72. The van der Waals surface area contributed by atoms with E-state index in [9.17, 15) is 0 Å². The maximum absolute atomic E-state index is 8.81. The maximum Gasteiger partial charge on any atom is 0.0722 e. The van der Waals surface area contributed by atoms with Crippen LogP contribution in [-0.4, -0.2) is 18.3 Å². The van der Waals surface area contributed by atoms with Crippen LogP contribution in [0.15, 0.2) is 54.6 Å². The van der Waals surface area contributed by atoms with E-state index in [0.717, 1.165) is 25.9 Å². The minimum atomic E-state index is 0.273. The number of hydrogen-bond donors (Lipinski definition) is 1. The fraction of sp³-hybridized carbons (Fsp3) is 0.273. The van der Waals surface area contributed by atoms with Crippen LogP contribution in [0.2, 0.25) is 0 Å². The van der Waals surface area contributed by atoms with Gasteiger partial charge in [-0.2, -0.15) is 0 Å². The topological polar surface area (TPSA) is 29.5 Å². The van der Waals surface area contributed by atoms with Gasteiger partial charge in [0.15, 0.2) is 0 Å². The van der Waals surface area contributed by atoms with E-state index in [1.54, 1.807) is 0 Å². The van der Waals surface area contributed by atoms with Gasteiger partial charge in [-0.1, -0.05) is 54.6 Å². The summed E-state index contributed by atoms with van der Waals surface area (Å²) >= 11 is 0. The van der Waals surface area contributed by atoms with Crippen LogP contribution < -0.4 is 0 Å². The molecular weight excluding hydrogens is 296 g/mol. The molecule has 2 heteroatoms. The van der Waals surface area contributed by atoms with Gasteiger partial charge in [0.05, 0.1) is 6.61 Å². The second-order valence-corrected chi connectivity index (χ2v) is 6.42. The first kappa shape index (κ1) is 15.4. The molecule has 1 N–H and O–H groups in total. The SMILES string of the molecule is OCCCCCOCc1ccc2ccc3cccc4ccc1c2c34. The lowest BCUT2D eigenvalue weighted by molar-refractivity contribution is 0.116. The zero-order valence-corrected chi connectivity index (χ0v) is 13.8. The summed E-state index contributed by atoms with van der Waals surface area (Å²) < 4.78 is 5.87. The Hall–Kier alpha value is -2.16. The van der Waals surface area contributed by atoms with Gasteiger partial charge < -0.3 is 9.84 Å². The maximum atomic E-state index is 8.81. The molecule has 0 aliphatic rings. The quantitative estimate of drug-likeness (QED) is 0.372. The average Bonchev–Trinajstić information content (AvgIpc) is 2.63. The highest BCUT2D eigenvalue weighted by Gasteiger charge is 2.10. The van der Waals surface area contributed by atoms with Gasteiger partial charge in [-0.05, 0) is 57.1 Å². The van der Waals surface area contributed by atoms with Crippen LogP contribution in [-0.2, 0) is 11.3 Å². The van der Waals surface area contributed by atoms with Crippen LogP contribution in [0.1, 0.15) is 24.8 Å². The van der Waals surface area contributed by atoms with E-state index in [4.69, 9.17) is 9.84 Å². The Labute approximate surface area is 142 Å². The van der Waals surface area contributed by atoms with Crippen molar-refractivity contribution in [2.75, 3.05) is 13.2 Å². The minimum Gasteiger partial charge on any atom is -0.396 e. The highest BCUT2D eigenvalue weighted by atomic mass is 16.5. The molecule has 0 spiro atoms. The monoisotopic (exact) mass is 318 g/mol. The van der Waals surface area contributed by atoms with E-state index < -0.39 is 0 Å². The zero-order chi connectivity index (χ0) is 16.4. The molecule has 0 unspecified atom stereocenters. The Kier molecular flexibility index (Phi) is 4.33. The average molecular weight is 318 g/mol. The lowest BCUT2D eigenvalue weighted by atomic mass is 9.92. The van der Waals surface area contributed by atoms with E-state index in [1.807, 2.05) is 0 Å². The van der Waals surface area contributed by atoms with Gasteiger partial charge in [0.1, 0.15) is 0 Å². The van der Waals surface area contributed by atoms with E-state index in [-0.39, 0.29) is 6.61 Å². The van der Waals surface area contributed by atoms with Gasteiger partial charge in [0.25, 0.3) is 0 Å². The van der Waals surface area contributed by atoms with Crippen LogP contribution in [0.3, 0.4) is 0 Å². The van der Waals surface area contributed by atoms with Crippen LogP contribution in [0.4, 0.5) is 0 Å². The number of unbranched alkanes of at least 4 members (excludes halogenated alkanes) is 2. The molecule has 0 saturated carbocycles. The van der Waals surface area contributed by atoms with Crippen molar-refractivity contribution in [1.82, 2.24) is 0 Å². The Morgan fingerprint density at radius 1 is 0.708 bits per heavy atom. The summed E-state index contributed by atoms with van der Waals surface area (Å²) in [6.07, 6.45) is 2.89. The molecule has 0 aliphatic carbocycles. The number of ether oxygens (including phenoxy) is 1. The van der Waals surface area contributed by atoms with Gasteiger partial charge in [-0.3, -0.25) is 0 Å². The zero-order valence-electron chi connectivity index (χ0n) is 13.8. The molecule has 2 nitrogen and oxygen atoms in total. The Balaban J connectivity index is 1.67. The standard InChI is InChI=1S/C22H22O2/c23-13-2-1-3-14-24-15-19-10-9-18-8-7-16-5-4-6-17-11-12-20(19)22(18)21(16)17/h4-12,23H,1-3,13-15H2. The summed E-state index contributed by atoms with van der Waals surface area (Å²) in [5, 5.41) is 16.7. The second kappa shape index (κ2) is 6.76. The Morgan fingerprint density at radius 2 is 1.42 bits per heavy atom. The molecule has 24 heavy (non-hydrogen) atoms. The Morgan fingerprint density at radius 3 is 2.21 bits per heavy atom. The van der Waals surface area contributed by atoms with Gasteiger partial charge in [-0.15, -0.1) is 0 Å². The van der Waals surface area contributed by atoms with Crippen LogP contribution in [0.25, 0.3) is 32.3 Å². The first-order chi connectivity index (χ1) is 11.9. The normalized spacial score (nSPS) is 11.9. The number of hydrogen-bond acceptors (Lipinski definition) is 2. The number of aliphatic hydroxyl groups excluding tert-OH is 1. The van der Waals surface area contributed by atoms with Crippen LogP contribution in [0.5, 0.6) is 0 Å². The molecule has 0 aliphatic heterocycles. The fourth-order valence-electron chi connectivity index (χ4n) is 3.60. The first-order valence-electron chi connectivity index (χ1n) is 8.72. The summed E-state index contributed by atoms with van der Waals surface area (Å²) in [7, 11) is 0. The minimum absolute atomic E-state index is 0.273. The lowest BCUT2D eigenvalue weighted by Crippen LogP contribution is -1.97. The summed E-state index contributed by atoms with van der Waals surface area (Å²) in [5.74, 6) is 0. The predicted octanol–water partition coefficient (Wildman–Crippen LogP) is 5.26. The highest BCUT2D eigenvalue weighted by molar-refractivity contribution is 6.23. The van der Waals surface area contributed by atoms with E-state index in [0.29, 0.717) is 6.61 Å². The van der Waals surface area contributed by atoms with Crippen LogP contribution in [0, 0.1) is 0 Å². The number of benzene rings is 4. The van der Waals surface area contributed by atoms with Crippen molar-refractivity contribution >= 4 is 32.3 Å². The fourth-order valence-corrected chi connectivity index (χ4v) is 3.60. The molecule has 0 bridgehead atoms. The summed E-state index contributed by atoms with van der Waals surface area (Å²) in [6, 6.07) is 19.8. The van der Waals surface area contributed by atoms with E-state index in [2.05, 4.69) is 54.6 Å². The molecule has 0 amide bonds. The van der Waals surface area contributed by atoms with Gasteiger partial charge in [-0.25, -0.2) is 0 Å². The van der Waals surface area contributed by atoms with Crippen molar-refractivity contribution in [3.8, 4) is 0 Å². The van der Waals surface area contributed by atoms with Crippen molar-refractivity contribution in [2.24, 2.45) is 0 Å². The molecule has 4 aromatic carbocycles. The molecule has 0 aromatic heterocycles. The van der Waals surface area contributed by atoms with Crippen LogP contribution >= 0.6 is 0 Å². The molecule has 0 heterocycles. The van der Waals surface area contributed by atoms with E-state index >= 15 is 0 Å². The molecular formula is C22H22O2. The van der Waals surface area contributed by atoms with Crippen molar-refractivity contribution in [2.45, 2.75) is 25.9 Å². The van der Waals surface area contributed by atoms with Crippen molar-refractivity contribution in [1.29, 1.82) is 0 Å². The third-order valence-electron chi connectivity index (χ3n) is 4.82. The molecule has 4 aromatic rings. The van der Waals surface area contributed by atoms with Crippen molar-refractivity contribution < 1.29 is 9.84 Å². The van der Waals surface area contributed by atoms with Crippen molar-refractivity contribution in [3.05, 3.63) is 60.2 Å². The van der Waals surface area contributed by atoms with E-state index in [1.165, 1.54) is 37.9 Å². The van der Waals surface area contributed by atoms with Crippen molar-refractivity contribution in [3.63, 3.8) is 0 Å². The Bertz CT molecular complexity index is 942. The third kappa shape index (κ3) is 2.72. The molecule has 0 saturated heterocycles.